The van der Waals surface area contributed by atoms with Crippen molar-refractivity contribution in [3.63, 3.8) is 0 Å². The number of nitrogens with one attached hydrogen (secondary N) is 2. The lowest BCUT2D eigenvalue weighted by molar-refractivity contribution is 0.0715. The van der Waals surface area contributed by atoms with Crippen LogP contribution in [0, 0.1) is 13.8 Å². The van der Waals surface area contributed by atoms with E-state index in [4.69, 9.17) is 4.42 Å². The highest BCUT2D eigenvalue weighted by Gasteiger charge is 2.34. The van der Waals surface area contributed by atoms with Crippen LogP contribution in [-0.4, -0.2) is 46.3 Å². The summed E-state index contributed by atoms with van der Waals surface area (Å²) in [6, 6.07) is 7.35. The van der Waals surface area contributed by atoms with Crippen LogP contribution in [0.1, 0.15) is 94.1 Å². The van der Waals surface area contributed by atoms with Crippen molar-refractivity contribution in [2.45, 2.75) is 65.5 Å². The van der Waals surface area contributed by atoms with Crippen LogP contribution in [0.3, 0.4) is 0 Å². The normalized spacial score (nSPS) is 15.4. The van der Waals surface area contributed by atoms with Crippen LogP contribution < -0.4 is 10.6 Å². The van der Waals surface area contributed by atoms with Gasteiger partial charge in [-0.1, -0.05) is 19.9 Å². The van der Waals surface area contributed by atoms with E-state index in [0.29, 0.717) is 36.0 Å². The Labute approximate surface area is 218 Å². The van der Waals surface area contributed by atoms with E-state index in [2.05, 4.69) is 40.5 Å². The molecule has 1 aliphatic heterocycles. The molecule has 1 aromatic carbocycles. The van der Waals surface area contributed by atoms with E-state index >= 15 is 0 Å². The lowest BCUT2D eigenvalue weighted by Crippen LogP contribution is -2.31. The highest BCUT2D eigenvalue weighted by atomic mass is 16.3. The van der Waals surface area contributed by atoms with Gasteiger partial charge in [0, 0.05) is 43.2 Å². The second-order valence-corrected chi connectivity index (χ2v) is 10.1. The number of rotatable bonds is 10. The van der Waals surface area contributed by atoms with E-state index in [9.17, 15) is 9.59 Å². The van der Waals surface area contributed by atoms with Gasteiger partial charge < -0.3 is 20.0 Å². The second-order valence-electron chi connectivity index (χ2n) is 10.1. The minimum absolute atomic E-state index is 0.101. The zero-order valence-corrected chi connectivity index (χ0v) is 22.2. The third-order valence-corrected chi connectivity index (χ3v) is 6.65. The van der Waals surface area contributed by atoms with Crippen molar-refractivity contribution in [1.82, 2.24) is 25.5 Å². The first-order chi connectivity index (χ1) is 17.8. The number of carbonyl (C=O) groups is 2. The third-order valence-electron chi connectivity index (χ3n) is 6.65. The van der Waals surface area contributed by atoms with Crippen molar-refractivity contribution >= 4 is 11.8 Å². The van der Waals surface area contributed by atoms with Gasteiger partial charge in [0.25, 0.3) is 11.8 Å². The summed E-state index contributed by atoms with van der Waals surface area (Å²) in [7, 11) is 0. The van der Waals surface area contributed by atoms with Gasteiger partial charge in [-0.25, -0.2) is 4.98 Å². The first-order valence-electron chi connectivity index (χ1n) is 13.1. The van der Waals surface area contributed by atoms with E-state index in [0.717, 1.165) is 49.2 Å². The first kappa shape index (κ1) is 26.5. The molecular weight excluding hydrogens is 466 g/mol. The number of hydrogen-bond acceptors (Lipinski definition) is 6. The fourth-order valence-electron chi connectivity index (χ4n) is 4.67. The monoisotopic (exact) mass is 503 g/mol. The molecule has 8 heteroatoms. The van der Waals surface area contributed by atoms with Crippen molar-refractivity contribution in [3.05, 3.63) is 82.3 Å². The number of carbonyl (C=O) groups excluding carboxylic acids is 2. The Balaban J connectivity index is 1.28. The molecule has 8 nitrogen and oxygen atoms in total. The minimum atomic E-state index is -0.173. The van der Waals surface area contributed by atoms with E-state index in [1.807, 2.05) is 38.4 Å². The summed E-state index contributed by atoms with van der Waals surface area (Å²) in [5.41, 5.74) is 5.07. The molecule has 3 aromatic rings. The molecule has 0 aliphatic carbocycles. The van der Waals surface area contributed by atoms with Crippen molar-refractivity contribution in [2.75, 3.05) is 19.6 Å². The summed E-state index contributed by atoms with van der Waals surface area (Å²) >= 11 is 0. The van der Waals surface area contributed by atoms with Gasteiger partial charge in [0.1, 0.15) is 12.3 Å². The predicted octanol–water partition coefficient (Wildman–Crippen LogP) is 4.70. The van der Waals surface area contributed by atoms with Crippen LogP contribution in [0.25, 0.3) is 0 Å². The van der Waals surface area contributed by atoms with Gasteiger partial charge in [-0.2, -0.15) is 0 Å². The Morgan fingerprint density at radius 2 is 1.92 bits per heavy atom. The molecule has 0 spiro atoms. The summed E-state index contributed by atoms with van der Waals surface area (Å²) < 4.78 is 5.58. The number of aryl methyl sites for hydroxylation is 2. The second kappa shape index (κ2) is 12.1. The molecular formula is C29H37N5O3. The molecule has 1 aliphatic rings. The molecule has 0 radical (unpaired) electrons. The van der Waals surface area contributed by atoms with Gasteiger partial charge in [0.05, 0.1) is 5.69 Å². The van der Waals surface area contributed by atoms with Gasteiger partial charge in [0.15, 0.2) is 0 Å². The van der Waals surface area contributed by atoms with Crippen molar-refractivity contribution in [1.29, 1.82) is 0 Å². The fraction of sp³-hybridized carbons (Fsp3) is 0.448. The number of likely N-dealkylation sites (tertiary alicyclic amines) is 1. The van der Waals surface area contributed by atoms with Crippen LogP contribution in [-0.2, 0) is 6.54 Å². The lowest BCUT2D eigenvalue weighted by Gasteiger charge is -2.23. The lowest BCUT2D eigenvalue weighted by atomic mass is 10.0. The van der Waals surface area contributed by atoms with Gasteiger partial charge in [-0.05, 0) is 80.5 Å². The molecule has 1 unspecified atom stereocenters. The Morgan fingerprint density at radius 3 is 2.68 bits per heavy atom. The summed E-state index contributed by atoms with van der Waals surface area (Å²) in [5, 5.41) is 6.39. The number of oxazole rings is 1. The summed E-state index contributed by atoms with van der Waals surface area (Å²) in [6.45, 7) is 10.8. The van der Waals surface area contributed by atoms with Crippen LogP contribution in [0.5, 0.6) is 0 Å². The largest absolute Gasteiger partial charge is 0.446 e. The van der Waals surface area contributed by atoms with Gasteiger partial charge in [-0.15, -0.1) is 0 Å². The molecule has 4 rings (SSSR count). The van der Waals surface area contributed by atoms with Crippen LogP contribution in [0.4, 0.5) is 0 Å². The van der Waals surface area contributed by atoms with Crippen LogP contribution in [0.2, 0.25) is 0 Å². The Bertz CT molecular complexity index is 1240. The van der Waals surface area contributed by atoms with E-state index < -0.39 is 0 Å². The van der Waals surface area contributed by atoms with Crippen LogP contribution in [0.15, 0.2) is 47.3 Å². The number of amides is 2. The van der Waals surface area contributed by atoms with E-state index in [-0.39, 0.29) is 17.9 Å². The number of hydrogen-bond donors (Lipinski definition) is 2. The number of nitrogens with zero attached hydrogens (tertiary/aromatic N) is 3. The highest BCUT2D eigenvalue weighted by molar-refractivity contribution is 6.00. The van der Waals surface area contributed by atoms with Gasteiger partial charge in [0.2, 0.25) is 5.89 Å². The van der Waals surface area contributed by atoms with E-state index in [1.165, 1.54) is 5.56 Å². The molecule has 2 aromatic heterocycles. The predicted molar refractivity (Wildman–Crippen MR) is 142 cm³/mol. The molecule has 0 bridgehead atoms. The number of benzene rings is 1. The summed E-state index contributed by atoms with van der Waals surface area (Å²) in [5.74, 6) is 0.754. The first-order valence-corrected chi connectivity index (χ1v) is 13.1. The summed E-state index contributed by atoms with van der Waals surface area (Å²) in [4.78, 5) is 36.8. The zero-order chi connectivity index (χ0) is 26.4. The smallest absolute Gasteiger partial charge is 0.254 e. The fourth-order valence-corrected chi connectivity index (χ4v) is 4.67. The van der Waals surface area contributed by atoms with Gasteiger partial charge in [-0.3, -0.25) is 14.6 Å². The highest BCUT2D eigenvalue weighted by Crippen LogP contribution is 2.33. The third kappa shape index (κ3) is 6.83. The van der Waals surface area contributed by atoms with Crippen molar-refractivity contribution in [3.8, 4) is 0 Å². The maximum absolute atomic E-state index is 13.4. The topological polar surface area (TPSA) is 100 Å². The molecule has 2 N–H and O–H groups in total. The Morgan fingerprint density at radius 1 is 1.11 bits per heavy atom. The van der Waals surface area contributed by atoms with E-state index in [1.54, 1.807) is 17.2 Å². The molecule has 2 amide bonds. The molecule has 37 heavy (non-hydrogen) atoms. The molecule has 196 valence electrons. The van der Waals surface area contributed by atoms with Gasteiger partial charge >= 0.3 is 0 Å². The average molecular weight is 504 g/mol. The molecule has 3 heterocycles. The Hall–Kier alpha value is -3.52. The maximum Gasteiger partial charge on any atom is 0.254 e. The van der Waals surface area contributed by atoms with Crippen LogP contribution >= 0.6 is 0 Å². The number of pyridine rings is 1. The molecule has 0 saturated carbocycles. The summed E-state index contributed by atoms with van der Waals surface area (Å²) in [6.07, 6.45) is 7.92. The average Bonchev–Trinajstić information content (AvgIpc) is 3.54. The zero-order valence-electron chi connectivity index (χ0n) is 22.2. The quantitative estimate of drug-likeness (QED) is 0.389. The number of aromatic nitrogens is 2. The maximum atomic E-state index is 13.4. The molecule has 1 atom stereocenters. The standard InChI is InChI=1S/C29H37N5O3/c1-19(2)25-13-22(16-31-17-25)15-30-8-6-9-32-27(35)23-11-20(3)12-24(14-23)29(36)34-10-5-7-26(34)28-33-21(4)18-37-28/h11-14,16-19,26,30H,5-10,15H2,1-4H3,(H,32,35). The van der Waals surface area contributed by atoms with Crippen molar-refractivity contribution < 1.29 is 14.0 Å². The molecule has 1 saturated heterocycles. The molecule has 1 fully saturated rings. The minimum Gasteiger partial charge on any atom is -0.446 e. The van der Waals surface area contributed by atoms with Crippen molar-refractivity contribution in [2.24, 2.45) is 0 Å². The Kier molecular flexibility index (Phi) is 8.71. The SMILES string of the molecule is Cc1cc(C(=O)NCCCNCc2cncc(C(C)C)c2)cc(C(=O)N2CCCC2c2nc(C)co2)c1.